The summed E-state index contributed by atoms with van der Waals surface area (Å²) in [6, 6.07) is 14.2. The molecule has 2 aromatic heterocycles. The van der Waals surface area contributed by atoms with E-state index in [1.807, 2.05) is 0 Å². The van der Waals surface area contributed by atoms with Gasteiger partial charge in [0, 0.05) is 12.6 Å². The average Bonchev–Trinajstić information content (AvgIpc) is 3.30. The van der Waals surface area contributed by atoms with Gasteiger partial charge in [-0.1, -0.05) is 49.6 Å². The van der Waals surface area contributed by atoms with Crippen molar-refractivity contribution in [2.24, 2.45) is 0 Å². The first-order chi connectivity index (χ1) is 18.0. The number of aliphatic carboxylic acids is 1. The number of carboxylic acid groups (broad SMARTS) is 1. The average molecular weight is 503 g/mol. The van der Waals surface area contributed by atoms with Crippen LogP contribution in [0.1, 0.15) is 49.1 Å². The molecule has 11 heteroatoms. The smallest absolute Gasteiger partial charge is 0.323 e. The van der Waals surface area contributed by atoms with Gasteiger partial charge in [-0.3, -0.25) is 14.9 Å². The summed E-state index contributed by atoms with van der Waals surface area (Å²) in [5.74, 6) is 0.0589. The number of rotatable bonds is 9. The van der Waals surface area contributed by atoms with E-state index < -0.39 is 10.9 Å². The lowest BCUT2D eigenvalue weighted by molar-refractivity contribution is -0.384. The molecular weight excluding hydrogens is 476 g/mol. The fourth-order valence-corrected chi connectivity index (χ4v) is 4.63. The largest absolute Gasteiger partial charge is 0.480 e. The highest BCUT2D eigenvalue weighted by molar-refractivity contribution is 5.80. The van der Waals surface area contributed by atoms with Gasteiger partial charge in [-0.05, 0) is 36.0 Å². The molecule has 0 spiro atoms. The van der Waals surface area contributed by atoms with Crippen LogP contribution in [0.25, 0.3) is 11.2 Å². The molecule has 0 amide bonds. The zero-order chi connectivity index (χ0) is 25.8. The summed E-state index contributed by atoms with van der Waals surface area (Å²) in [6.45, 7) is 0.103. The van der Waals surface area contributed by atoms with E-state index in [1.165, 1.54) is 66.8 Å². The number of aromatic nitrogens is 4. The standard InChI is InChI=1S/C26H26N6O5/c33-22(34)15-31-16-28-23-24(31)29-26(30-25(23)37-21-8-4-7-20(13-21)32(35)36)27-14-17-9-11-19(12-10-17)18-5-2-1-3-6-18/h4,7-13,16,18H,1-3,5-6,14-15H2,(H,33,34)(H,27,29,30). The minimum absolute atomic E-state index is 0.0600. The summed E-state index contributed by atoms with van der Waals surface area (Å²) in [4.78, 5) is 35.1. The van der Waals surface area contributed by atoms with E-state index in [2.05, 4.69) is 44.5 Å². The Balaban J connectivity index is 1.40. The van der Waals surface area contributed by atoms with Crippen molar-refractivity contribution >= 4 is 28.8 Å². The number of carboxylic acids is 1. The van der Waals surface area contributed by atoms with Gasteiger partial charge in [-0.2, -0.15) is 9.97 Å². The Labute approximate surface area is 212 Å². The fourth-order valence-electron chi connectivity index (χ4n) is 4.63. The zero-order valence-corrected chi connectivity index (χ0v) is 20.0. The van der Waals surface area contributed by atoms with Crippen LogP contribution in [0.5, 0.6) is 11.6 Å². The Morgan fingerprint density at radius 2 is 1.92 bits per heavy atom. The molecule has 0 atom stereocenters. The van der Waals surface area contributed by atoms with E-state index in [1.54, 1.807) is 6.07 Å². The first-order valence-electron chi connectivity index (χ1n) is 12.2. The number of benzene rings is 2. The van der Waals surface area contributed by atoms with Crippen LogP contribution >= 0.6 is 0 Å². The molecule has 0 saturated heterocycles. The van der Waals surface area contributed by atoms with Gasteiger partial charge >= 0.3 is 5.97 Å². The normalized spacial score (nSPS) is 13.9. The van der Waals surface area contributed by atoms with Gasteiger partial charge in [0.15, 0.2) is 11.2 Å². The number of nitrogens with one attached hydrogen (secondary N) is 1. The maximum absolute atomic E-state index is 11.3. The van der Waals surface area contributed by atoms with Crippen molar-refractivity contribution in [3.05, 3.63) is 76.1 Å². The number of imidazole rings is 1. The van der Waals surface area contributed by atoms with Gasteiger partial charge < -0.3 is 19.7 Å². The topological polar surface area (TPSA) is 145 Å². The van der Waals surface area contributed by atoms with Gasteiger partial charge in [-0.15, -0.1) is 0 Å². The van der Waals surface area contributed by atoms with Crippen molar-refractivity contribution in [1.29, 1.82) is 0 Å². The molecule has 1 saturated carbocycles. The quantitative estimate of drug-likeness (QED) is 0.231. The molecule has 1 fully saturated rings. The molecule has 2 heterocycles. The van der Waals surface area contributed by atoms with Crippen LogP contribution in [0.4, 0.5) is 11.6 Å². The SMILES string of the molecule is O=C(O)Cn1cnc2c(Oc3cccc([N+](=O)[O-])c3)nc(NCc3ccc(C4CCCCC4)cc3)nc21. The summed E-state index contributed by atoms with van der Waals surface area (Å²) < 4.78 is 7.24. The number of hydrogen-bond donors (Lipinski definition) is 2. The number of nitro benzene ring substituents is 1. The molecule has 2 N–H and O–H groups in total. The van der Waals surface area contributed by atoms with E-state index in [0.717, 1.165) is 5.56 Å². The first-order valence-corrected chi connectivity index (χ1v) is 12.2. The van der Waals surface area contributed by atoms with Gasteiger partial charge in [0.1, 0.15) is 12.3 Å². The fraction of sp³-hybridized carbons (Fsp3) is 0.308. The second-order valence-electron chi connectivity index (χ2n) is 9.08. The number of nitrogens with zero attached hydrogens (tertiary/aromatic N) is 5. The molecule has 2 aromatic carbocycles. The molecule has 0 aliphatic heterocycles. The summed E-state index contributed by atoms with van der Waals surface area (Å²) in [5, 5.41) is 23.6. The lowest BCUT2D eigenvalue weighted by Gasteiger charge is -2.22. The van der Waals surface area contributed by atoms with Crippen molar-refractivity contribution in [3.63, 3.8) is 0 Å². The number of anilines is 1. The molecule has 11 nitrogen and oxygen atoms in total. The highest BCUT2D eigenvalue weighted by Crippen LogP contribution is 2.33. The Morgan fingerprint density at radius 3 is 2.65 bits per heavy atom. The molecule has 1 aliphatic carbocycles. The minimum Gasteiger partial charge on any atom is -0.480 e. The lowest BCUT2D eigenvalue weighted by atomic mass is 9.84. The van der Waals surface area contributed by atoms with Crippen molar-refractivity contribution in [2.45, 2.75) is 51.1 Å². The van der Waals surface area contributed by atoms with E-state index >= 15 is 0 Å². The maximum Gasteiger partial charge on any atom is 0.323 e. The summed E-state index contributed by atoms with van der Waals surface area (Å²) in [7, 11) is 0. The van der Waals surface area contributed by atoms with E-state index in [4.69, 9.17) is 4.74 Å². The Hall–Kier alpha value is -4.54. The van der Waals surface area contributed by atoms with E-state index in [-0.39, 0.29) is 41.0 Å². The maximum atomic E-state index is 11.3. The van der Waals surface area contributed by atoms with Crippen LogP contribution in [0.15, 0.2) is 54.9 Å². The van der Waals surface area contributed by atoms with Crippen molar-refractivity contribution in [3.8, 4) is 11.6 Å². The summed E-state index contributed by atoms with van der Waals surface area (Å²) in [6.07, 6.45) is 7.72. The van der Waals surface area contributed by atoms with Gasteiger partial charge in [0.2, 0.25) is 5.95 Å². The predicted octanol–water partition coefficient (Wildman–Crippen LogP) is 5.27. The number of fused-ring (bicyclic) bond motifs is 1. The van der Waals surface area contributed by atoms with E-state index in [0.29, 0.717) is 12.5 Å². The predicted molar refractivity (Wildman–Crippen MR) is 136 cm³/mol. The lowest BCUT2D eigenvalue weighted by Crippen LogP contribution is -2.10. The number of carbonyl (C=O) groups is 1. The van der Waals surface area contributed by atoms with Crippen LogP contribution in [0, 0.1) is 10.1 Å². The molecule has 190 valence electrons. The molecular formula is C26H26N6O5. The number of nitro groups is 1. The third-order valence-corrected chi connectivity index (χ3v) is 6.49. The van der Waals surface area contributed by atoms with Crippen LogP contribution < -0.4 is 10.1 Å². The Kier molecular flexibility index (Phi) is 6.93. The monoisotopic (exact) mass is 502 g/mol. The number of hydrogen-bond acceptors (Lipinski definition) is 8. The molecule has 1 aliphatic rings. The highest BCUT2D eigenvalue weighted by atomic mass is 16.6. The third-order valence-electron chi connectivity index (χ3n) is 6.49. The number of ether oxygens (including phenoxy) is 1. The van der Waals surface area contributed by atoms with Crippen molar-refractivity contribution in [1.82, 2.24) is 19.5 Å². The van der Waals surface area contributed by atoms with E-state index in [9.17, 15) is 20.0 Å². The summed E-state index contributed by atoms with van der Waals surface area (Å²) in [5.41, 5.74) is 2.80. The molecule has 37 heavy (non-hydrogen) atoms. The molecule has 0 bridgehead atoms. The second-order valence-corrected chi connectivity index (χ2v) is 9.08. The van der Waals surface area contributed by atoms with Crippen molar-refractivity contribution < 1.29 is 19.6 Å². The Bertz CT molecular complexity index is 1430. The van der Waals surface area contributed by atoms with Crippen LogP contribution in [0.2, 0.25) is 0 Å². The van der Waals surface area contributed by atoms with Gasteiger partial charge in [0.25, 0.3) is 11.6 Å². The first kappa shape index (κ1) is 24.2. The van der Waals surface area contributed by atoms with Crippen LogP contribution in [0.3, 0.4) is 0 Å². The van der Waals surface area contributed by atoms with Gasteiger partial charge in [-0.25, -0.2) is 4.98 Å². The van der Waals surface area contributed by atoms with Crippen LogP contribution in [-0.2, 0) is 17.9 Å². The number of non-ortho nitro benzene ring substituents is 1. The van der Waals surface area contributed by atoms with Crippen LogP contribution in [-0.4, -0.2) is 35.5 Å². The second kappa shape index (κ2) is 10.6. The Morgan fingerprint density at radius 1 is 1.14 bits per heavy atom. The molecule has 0 radical (unpaired) electrons. The van der Waals surface area contributed by atoms with Crippen molar-refractivity contribution in [2.75, 3.05) is 5.32 Å². The zero-order valence-electron chi connectivity index (χ0n) is 20.0. The highest BCUT2D eigenvalue weighted by Gasteiger charge is 2.18. The molecule has 4 aromatic rings. The third kappa shape index (κ3) is 5.66. The molecule has 0 unspecified atom stereocenters. The molecule has 5 rings (SSSR count). The summed E-state index contributed by atoms with van der Waals surface area (Å²) >= 11 is 0. The minimum atomic E-state index is -1.05. The van der Waals surface area contributed by atoms with Gasteiger partial charge in [0.05, 0.1) is 17.3 Å².